The molecule has 0 N–H and O–H groups in total. The van der Waals surface area contributed by atoms with Crippen molar-refractivity contribution in [1.82, 2.24) is 4.90 Å². The molecule has 3 aromatic carbocycles. The van der Waals surface area contributed by atoms with Gasteiger partial charge in [-0.1, -0.05) is 41.9 Å². The summed E-state index contributed by atoms with van der Waals surface area (Å²) >= 11 is 6.20. The summed E-state index contributed by atoms with van der Waals surface area (Å²) in [6, 6.07) is 22.6. The van der Waals surface area contributed by atoms with Gasteiger partial charge in [-0.05, 0) is 66.4 Å². The van der Waals surface area contributed by atoms with Crippen molar-refractivity contribution >= 4 is 11.6 Å². The van der Waals surface area contributed by atoms with Crippen molar-refractivity contribution in [1.29, 1.82) is 0 Å². The average Bonchev–Trinajstić information content (AvgIpc) is 3.21. The van der Waals surface area contributed by atoms with Gasteiger partial charge in [0.25, 0.3) is 0 Å². The molecule has 5 heteroatoms. The van der Waals surface area contributed by atoms with Gasteiger partial charge in [-0.3, -0.25) is 4.90 Å². The minimum absolute atomic E-state index is 0.303. The fourth-order valence-electron chi connectivity index (χ4n) is 3.61. The van der Waals surface area contributed by atoms with Crippen molar-refractivity contribution in [3.8, 4) is 17.2 Å². The highest BCUT2D eigenvalue weighted by atomic mass is 35.5. The number of halogens is 1. The van der Waals surface area contributed by atoms with E-state index in [9.17, 15) is 0 Å². The Morgan fingerprint density at radius 2 is 1.63 bits per heavy atom. The van der Waals surface area contributed by atoms with Crippen LogP contribution in [0.15, 0.2) is 66.7 Å². The Kier molecular flexibility index (Phi) is 6.77. The second-order valence-electron chi connectivity index (χ2n) is 7.36. The smallest absolute Gasteiger partial charge is 0.231 e. The highest BCUT2D eigenvalue weighted by Gasteiger charge is 2.14. The fourth-order valence-corrected chi connectivity index (χ4v) is 3.82. The molecule has 0 aliphatic carbocycles. The molecule has 0 bridgehead atoms. The first kappa shape index (κ1) is 20.6. The first-order chi connectivity index (χ1) is 14.7. The molecule has 1 aliphatic heterocycles. The highest BCUT2D eigenvalue weighted by molar-refractivity contribution is 6.30. The van der Waals surface area contributed by atoms with Gasteiger partial charge in [0.1, 0.15) is 5.75 Å². The van der Waals surface area contributed by atoms with Gasteiger partial charge in [0.05, 0.1) is 6.61 Å². The van der Waals surface area contributed by atoms with Gasteiger partial charge < -0.3 is 14.2 Å². The zero-order valence-corrected chi connectivity index (χ0v) is 17.9. The van der Waals surface area contributed by atoms with Crippen molar-refractivity contribution in [3.05, 3.63) is 88.4 Å². The van der Waals surface area contributed by atoms with Crippen LogP contribution in [0.2, 0.25) is 5.02 Å². The molecule has 0 spiro atoms. The summed E-state index contributed by atoms with van der Waals surface area (Å²) in [6.45, 7) is 5.57. The lowest BCUT2D eigenvalue weighted by atomic mass is 10.1. The van der Waals surface area contributed by atoms with E-state index in [2.05, 4.69) is 35.2 Å². The van der Waals surface area contributed by atoms with E-state index in [1.54, 1.807) is 0 Å². The predicted molar refractivity (Wildman–Crippen MR) is 119 cm³/mol. The topological polar surface area (TPSA) is 30.9 Å². The van der Waals surface area contributed by atoms with Crippen LogP contribution in [-0.2, 0) is 19.5 Å². The lowest BCUT2D eigenvalue weighted by molar-refractivity contribution is 0.174. The molecule has 0 amide bonds. The summed E-state index contributed by atoms with van der Waals surface area (Å²) in [4.78, 5) is 2.44. The third kappa shape index (κ3) is 5.47. The number of ether oxygens (including phenoxy) is 3. The molecule has 3 aromatic rings. The molecule has 1 aliphatic rings. The van der Waals surface area contributed by atoms with Crippen LogP contribution in [0, 0.1) is 0 Å². The van der Waals surface area contributed by atoms with Crippen molar-refractivity contribution < 1.29 is 14.2 Å². The van der Waals surface area contributed by atoms with Crippen LogP contribution < -0.4 is 14.2 Å². The minimum Gasteiger partial charge on any atom is -0.494 e. The molecule has 0 radical (unpaired) electrons. The minimum atomic E-state index is 0.303. The molecule has 0 unspecified atom stereocenters. The van der Waals surface area contributed by atoms with Crippen molar-refractivity contribution in [2.45, 2.75) is 26.4 Å². The van der Waals surface area contributed by atoms with Crippen LogP contribution in [0.25, 0.3) is 0 Å². The molecule has 4 rings (SSSR count). The normalized spacial score (nSPS) is 12.4. The maximum absolute atomic E-state index is 6.20. The fraction of sp³-hybridized carbons (Fsp3) is 0.280. The number of fused-ring (bicyclic) bond motifs is 1. The third-order valence-corrected chi connectivity index (χ3v) is 5.32. The molecule has 30 heavy (non-hydrogen) atoms. The van der Waals surface area contributed by atoms with E-state index in [0.717, 1.165) is 48.3 Å². The van der Waals surface area contributed by atoms with E-state index in [4.69, 9.17) is 25.8 Å². The van der Waals surface area contributed by atoms with Gasteiger partial charge in [0, 0.05) is 24.7 Å². The first-order valence-corrected chi connectivity index (χ1v) is 10.6. The highest BCUT2D eigenvalue weighted by Crippen LogP contribution is 2.32. The summed E-state index contributed by atoms with van der Waals surface area (Å²) < 4.78 is 16.5. The second-order valence-corrected chi connectivity index (χ2v) is 7.79. The Labute approximate surface area is 182 Å². The van der Waals surface area contributed by atoms with Gasteiger partial charge in [-0.25, -0.2) is 0 Å². The number of benzene rings is 3. The summed E-state index contributed by atoms with van der Waals surface area (Å²) in [6.07, 6.45) is 0.925. The molecular weight excluding hydrogens is 398 g/mol. The number of nitrogens with zero attached hydrogens (tertiary/aromatic N) is 1. The summed E-state index contributed by atoms with van der Waals surface area (Å²) in [7, 11) is 0. The molecule has 1 heterocycles. The number of hydrogen-bond donors (Lipinski definition) is 0. The molecule has 0 saturated carbocycles. The average molecular weight is 424 g/mol. The zero-order valence-electron chi connectivity index (χ0n) is 17.1. The molecule has 4 nitrogen and oxygen atoms in total. The summed E-state index contributed by atoms with van der Waals surface area (Å²) in [5, 5.41) is 0.768. The van der Waals surface area contributed by atoms with Crippen LogP contribution in [0.5, 0.6) is 17.2 Å². The Morgan fingerprint density at radius 1 is 0.867 bits per heavy atom. The van der Waals surface area contributed by atoms with E-state index >= 15 is 0 Å². The number of hydrogen-bond acceptors (Lipinski definition) is 4. The van der Waals surface area contributed by atoms with Crippen LogP contribution in [0.1, 0.15) is 23.6 Å². The van der Waals surface area contributed by atoms with E-state index < -0.39 is 0 Å². The molecule has 156 valence electrons. The SMILES string of the molecule is CCOc1ccc(CN(CCc2ccc3c(c2)OCO3)Cc2cccc(Cl)c2)cc1. The zero-order chi connectivity index (χ0) is 20.8. The van der Waals surface area contributed by atoms with Crippen LogP contribution in [-0.4, -0.2) is 24.8 Å². The van der Waals surface area contributed by atoms with Gasteiger partial charge in [-0.2, -0.15) is 0 Å². The van der Waals surface area contributed by atoms with Gasteiger partial charge >= 0.3 is 0 Å². The van der Waals surface area contributed by atoms with Crippen LogP contribution >= 0.6 is 11.6 Å². The molecule has 0 fully saturated rings. The van der Waals surface area contributed by atoms with Gasteiger partial charge in [-0.15, -0.1) is 0 Å². The van der Waals surface area contributed by atoms with Crippen molar-refractivity contribution in [2.24, 2.45) is 0 Å². The Morgan fingerprint density at radius 3 is 2.43 bits per heavy atom. The van der Waals surface area contributed by atoms with E-state index in [1.807, 2.05) is 43.3 Å². The van der Waals surface area contributed by atoms with E-state index in [-0.39, 0.29) is 0 Å². The van der Waals surface area contributed by atoms with Gasteiger partial charge in [0.2, 0.25) is 6.79 Å². The Balaban J connectivity index is 1.46. The molecule has 0 aromatic heterocycles. The number of rotatable bonds is 9. The lowest BCUT2D eigenvalue weighted by Gasteiger charge is -2.23. The van der Waals surface area contributed by atoms with Crippen LogP contribution in [0.4, 0.5) is 0 Å². The Bertz CT molecular complexity index is 974. The van der Waals surface area contributed by atoms with Crippen molar-refractivity contribution in [3.63, 3.8) is 0 Å². The maximum atomic E-state index is 6.20. The predicted octanol–water partition coefficient (Wildman–Crippen LogP) is 5.71. The third-order valence-electron chi connectivity index (χ3n) is 5.09. The van der Waals surface area contributed by atoms with Crippen molar-refractivity contribution in [2.75, 3.05) is 19.9 Å². The van der Waals surface area contributed by atoms with Crippen LogP contribution in [0.3, 0.4) is 0 Å². The van der Waals surface area contributed by atoms with Gasteiger partial charge in [0.15, 0.2) is 11.5 Å². The second kappa shape index (κ2) is 9.88. The van der Waals surface area contributed by atoms with E-state index in [0.29, 0.717) is 13.4 Å². The summed E-state index contributed by atoms with van der Waals surface area (Å²) in [5.41, 5.74) is 3.70. The quantitative estimate of drug-likeness (QED) is 0.441. The monoisotopic (exact) mass is 423 g/mol. The lowest BCUT2D eigenvalue weighted by Crippen LogP contribution is -2.25. The van der Waals surface area contributed by atoms with E-state index in [1.165, 1.54) is 16.7 Å². The molecule has 0 saturated heterocycles. The Hall–Kier alpha value is -2.69. The maximum Gasteiger partial charge on any atom is 0.231 e. The molecular formula is C25H26ClNO3. The summed E-state index contributed by atoms with van der Waals surface area (Å²) in [5.74, 6) is 2.56. The molecule has 0 atom stereocenters. The largest absolute Gasteiger partial charge is 0.494 e. The first-order valence-electron chi connectivity index (χ1n) is 10.3. The standard InChI is InChI=1S/C25H26ClNO3/c1-2-28-23-9-6-20(7-10-23)16-27(17-21-4-3-5-22(26)14-21)13-12-19-8-11-24-25(15-19)30-18-29-24/h3-11,14-15H,2,12-13,16-18H2,1H3.